The number of nitrogens with zero attached hydrogens (tertiary/aromatic N) is 1. The molecule has 1 N–H and O–H groups in total. The van der Waals surface area contributed by atoms with Gasteiger partial charge >= 0.3 is 5.97 Å². The van der Waals surface area contributed by atoms with Gasteiger partial charge in [0.05, 0.1) is 14.2 Å². The number of hydrogen-bond acceptors (Lipinski definition) is 6. The summed E-state index contributed by atoms with van der Waals surface area (Å²) >= 11 is 0. The van der Waals surface area contributed by atoms with Crippen molar-refractivity contribution in [3.63, 3.8) is 0 Å². The summed E-state index contributed by atoms with van der Waals surface area (Å²) < 4.78 is 16.0. The Morgan fingerprint density at radius 2 is 2.08 bits per heavy atom. The maximum absolute atomic E-state index is 11.4. The highest BCUT2D eigenvalue weighted by Gasteiger charge is 2.31. The van der Waals surface area contributed by atoms with Gasteiger partial charge in [-0.1, -0.05) is 19.1 Å². The van der Waals surface area contributed by atoms with Crippen LogP contribution in [-0.2, 0) is 16.1 Å². The van der Waals surface area contributed by atoms with E-state index in [-0.39, 0.29) is 12.6 Å². The van der Waals surface area contributed by atoms with Gasteiger partial charge in [-0.05, 0) is 25.3 Å². The highest BCUT2D eigenvalue weighted by Crippen LogP contribution is 2.34. The van der Waals surface area contributed by atoms with Gasteiger partial charge in [-0.15, -0.1) is 0 Å². The van der Waals surface area contributed by atoms with Crippen LogP contribution in [-0.4, -0.2) is 55.5 Å². The third kappa shape index (κ3) is 5.90. The highest BCUT2D eigenvalue weighted by molar-refractivity contribution is 5.69. The summed E-state index contributed by atoms with van der Waals surface area (Å²) in [6.07, 6.45) is 2.68. The van der Waals surface area contributed by atoms with E-state index < -0.39 is 6.10 Å². The van der Waals surface area contributed by atoms with Gasteiger partial charge in [-0.25, -0.2) is 0 Å². The summed E-state index contributed by atoms with van der Waals surface area (Å²) in [5.74, 6) is 1.17. The average Bonchev–Trinajstić information content (AvgIpc) is 3.44. The number of hydrogen-bond donors (Lipinski definition) is 1. The fourth-order valence-corrected chi connectivity index (χ4v) is 2.87. The van der Waals surface area contributed by atoms with Gasteiger partial charge in [0.25, 0.3) is 0 Å². The van der Waals surface area contributed by atoms with E-state index >= 15 is 0 Å². The summed E-state index contributed by atoms with van der Waals surface area (Å²) in [5.41, 5.74) is 1.02. The Morgan fingerprint density at radius 3 is 2.68 bits per heavy atom. The molecule has 1 unspecified atom stereocenters. The molecule has 6 nitrogen and oxygen atoms in total. The normalized spacial score (nSPS) is 15.1. The number of para-hydroxylation sites is 1. The molecule has 6 heteroatoms. The summed E-state index contributed by atoms with van der Waals surface area (Å²) in [6.45, 7) is 3.08. The van der Waals surface area contributed by atoms with Crippen LogP contribution in [0.3, 0.4) is 0 Å². The Morgan fingerprint density at radius 1 is 1.32 bits per heavy atom. The monoisotopic (exact) mass is 351 g/mol. The summed E-state index contributed by atoms with van der Waals surface area (Å²) in [5, 5.41) is 10.2. The van der Waals surface area contributed by atoms with E-state index in [1.165, 1.54) is 0 Å². The SMILES string of the molecule is CCCC(=O)OCC(O)CN(Cc1cccc(OC)c1OC)C1CC1. The lowest BCUT2D eigenvalue weighted by atomic mass is 10.1. The number of benzene rings is 1. The lowest BCUT2D eigenvalue weighted by molar-refractivity contribution is -0.147. The molecule has 0 bridgehead atoms. The average molecular weight is 351 g/mol. The molecule has 1 aliphatic rings. The molecule has 1 fully saturated rings. The standard InChI is InChI=1S/C19H29NO5/c1-4-6-18(22)25-13-16(21)12-20(15-9-10-15)11-14-7-5-8-17(23-2)19(14)24-3/h5,7-8,15-16,21H,4,6,9-13H2,1-3H3. The largest absolute Gasteiger partial charge is 0.493 e. The van der Waals surface area contributed by atoms with Gasteiger partial charge in [0.1, 0.15) is 12.7 Å². The van der Waals surface area contributed by atoms with Crippen LogP contribution >= 0.6 is 0 Å². The topological polar surface area (TPSA) is 68.2 Å². The van der Waals surface area contributed by atoms with Crippen LogP contribution in [0.15, 0.2) is 18.2 Å². The Hall–Kier alpha value is -1.79. The van der Waals surface area contributed by atoms with Gasteiger partial charge < -0.3 is 19.3 Å². The Bertz CT molecular complexity index is 559. The number of esters is 1. The first-order valence-corrected chi connectivity index (χ1v) is 8.86. The molecule has 0 spiro atoms. The second-order valence-corrected chi connectivity index (χ2v) is 6.40. The molecule has 0 heterocycles. The minimum absolute atomic E-state index is 0.0390. The molecular formula is C19H29NO5. The van der Waals surface area contributed by atoms with Crippen molar-refractivity contribution < 1.29 is 24.1 Å². The number of rotatable bonds is 11. The fraction of sp³-hybridized carbons (Fsp3) is 0.632. The van der Waals surface area contributed by atoms with Crippen LogP contribution in [0.4, 0.5) is 0 Å². The number of ether oxygens (including phenoxy) is 3. The minimum atomic E-state index is -0.696. The Kier molecular flexibility index (Phi) is 7.52. The van der Waals surface area contributed by atoms with Crippen LogP contribution < -0.4 is 9.47 Å². The molecule has 0 amide bonds. The third-order valence-corrected chi connectivity index (χ3v) is 4.26. The van der Waals surface area contributed by atoms with Crippen molar-refractivity contribution in [1.82, 2.24) is 4.90 Å². The highest BCUT2D eigenvalue weighted by atomic mass is 16.5. The smallest absolute Gasteiger partial charge is 0.305 e. The molecule has 140 valence electrons. The first-order chi connectivity index (χ1) is 12.1. The van der Waals surface area contributed by atoms with Crippen LogP contribution in [0.25, 0.3) is 0 Å². The van der Waals surface area contributed by atoms with E-state index in [0.29, 0.717) is 31.3 Å². The molecule has 0 aromatic heterocycles. The van der Waals surface area contributed by atoms with E-state index in [2.05, 4.69) is 4.90 Å². The van der Waals surface area contributed by atoms with Crippen LogP contribution in [0.1, 0.15) is 38.2 Å². The Balaban J connectivity index is 1.96. The molecule has 0 aliphatic heterocycles. The van der Waals surface area contributed by atoms with E-state index in [1.54, 1.807) is 14.2 Å². The van der Waals surface area contributed by atoms with Crippen molar-refractivity contribution in [3.8, 4) is 11.5 Å². The number of aliphatic hydroxyl groups is 1. The maximum atomic E-state index is 11.4. The number of aliphatic hydroxyl groups excluding tert-OH is 1. The Labute approximate surface area is 149 Å². The van der Waals surface area contributed by atoms with Gasteiger partial charge in [0, 0.05) is 31.1 Å². The van der Waals surface area contributed by atoms with Gasteiger partial charge in [-0.3, -0.25) is 9.69 Å². The predicted octanol–water partition coefficient (Wildman–Crippen LogP) is 2.37. The number of carbonyl (C=O) groups excluding carboxylic acids is 1. The van der Waals surface area contributed by atoms with Crippen molar-refractivity contribution in [2.75, 3.05) is 27.4 Å². The van der Waals surface area contributed by atoms with Crippen molar-refractivity contribution in [3.05, 3.63) is 23.8 Å². The summed E-state index contributed by atoms with van der Waals surface area (Å²) in [7, 11) is 3.25. The maximum Gasteiger partial charge on any atom is 0.305 e. The van der Waals surface area contributed by atoms with Crippen LogP contribution in [0, 0.1) is 0 Å². The fourth-order valence-electron chi connectivity index (χ4n) is 2.87. The summed E-state index contributed by atoms with van der Waals surface area (Å²) in [6, 6.07) is 6.26. The molecule has 1 aliphatic carbocycles. The molecule has 0 saturated heterocycles. The molecule has 1 aromatic carbocycles. The zero-order valence-electron chi connectivity index (χ0n) is 15.4. The van der Waals surface area contributed by atoms with Crippen molar-refractivity contribution in [2.24, 2.45) is 0 Å². The van der Waals surface area contributed by atoms with Crippen LogP contribution in [0.2, 0.25) is 0 Å². The molecule has 0 radical (unpaired) electrons. The van der Waals surface area contributed by atoms with E-state index in [9.17, 15) is 9.90 Å². The van der Waals surface area contributed by atoms with E-state index in [1.807, 2.05) is 25.1 Å². The van der Waals surface area contributed by atoms with Crippen LogP contribution in [0.5, 0.6) is 11.5 Å². The van der Waals surface area contributed by atoms with Gasteiger partial charge in [0.2, 0.25) is 0 Å². The van der Waals surface area contributed by atoms with Crippen molar-refractivity contribution >= 4 is 5.97 Å². The number of carbonyl (C=O) groups is 1. The molecule has 1 saturated carbocycles. The lowest BCUT2D eigenvalue weighted by Gasteiger charge is -2.26. The minimum Gasteiger partial charge on any atom is -0.493 e. The summed E-state index contributed by atoms with van der Waals surface area (Å²) in [4.78, 5) is 13.7. The second-order valence-electron chi connectivity index (χ2n) is 6.40. The van der Waals surface area contributed by atoms with Gasteiger partial charge in [0.15, 0.2) is 11.5 Å². The van der Waals surface area contributed by atoms with E-state index in [4.69, 9.17) is 14.2 Å². The van der Waals surface area contributed by atoms with Crippen molar-refractivity contribution in [2.45, 2.75) is 51.3 Å². The first-order valence-electron chi connectivity index (χ1n) is 8.86. The predicted molar refractivity (Wildman–Crippen MR) is 94.9 cm³/mol. The lowest BCUT2D eigenvalue weighted by Crippen LogP contribution is -2.36. The second kappa shape index (κ2) is 9.63. The molecule has 25 heavy (non-hydrogen) atoms. The zero-order valence-corrected chi connectivity index (χ0v) is 15.4. The number of methoxy groups -OCH3 is 2. The molecular weight excluding hydrogens is 322 g/mol. The van der Waals surface area contributed by atoms with E-state index in [0.717, 1.165) is 30.6 Å². The van der Waals surface area contributed by atoms with Crippen molar-refractivity contribution in [1.29, 1.82) is 0 Å². The molecule has 1 aromatic rings. The third-order valence-electron chi connectivity index (χ3n) is 4.26. The molecule has 1 atom stereocenters. The quantitative estimate of drug-likeness (QED) is 0.618. The van der Waals surface area contributed by atoms with Gasteiger partial charge in [-0.2, -0.15) is 0 Å². The zero-order chi connectivity index (χ0) is 18.2. The first kappa shape index (κ1) is 19.5. The molecule has 2 rings (SSSR count).